The van der Waals surface area contributed by atoms with Gasteiger partial charge in [0.15, 0.2) is 0 Å². The lowest BCUT2D eigenvalue weighted by Gasteiger charge is -2.37. The van der Waals surface area contributed by atoms with Crippen LogP contribution in [0.25, 0.3) is 11.1 Å². The summed E-state index contributed by atoms with van der Waals surface area (Å²) >= 11 is 4.82. The van der Waals surface area contributed by atoms with Gasteiger partial charge in [0.25, 0.3) is 0 Å². The molecule has 7 heteroatoms. The molecule has 2 aromatic rings. The minimum absolute atomic E-state index is 0.145. The number of hydrogen-bond acceptors (Lipinski definition) is 3. The SMILES string of the molecule is CC(C)(C)[S@+]([O-])N[C@@H](c1ccccc1-c1ccc(Cl)cc1)C1CCN(C(=O)O)CC1. The van der Waals surface area contributed by atoms with Gasteiger partial charge in [-0.2, -0.15) is 0 Å². The van der Waals surface area contributed by atoms with Gasteiger partial charge in [0.1, 0.15) is 4.75 Å². The summed E-state index contributed by atoms with van der Waals surface area (Å²) in [6, 6.07) is 15.7. The molecule has 0 saturated carbocycles. The number of carboxylic acid groups (broad SMARTS) is 1. The van der Waals surface area contributed by atoms with Crippen molar-refractivity contribution in [2.45, 2.75) is 44.4 Å². The van der Waals surface area contributed by atoms with Crippen molar-refractivity contribution in [3.63, 3.8) is 0 Å². The quantitative estimate of drug-likeness (QED) is 0.593. The summed E-state index contributed by atoms with van der Waals surface area (Å²) in [5.74, 6) is 0.181. The predicted molar refractivity (Wildman–Crippen MR) is 123 cm³/mol. The Morgan fingerprint density at radius 2 is 1.77 bits per heavy atom. The van der Waals surface area contributed by atoms with Gasteiger partial charge in [-0.3, -0.25) is 0 Å². The van der Waals surface area contributed by atoms with Crippen LogP contribution in [0, 0.1) is 5.92 Å². The Labute approximate surface area is 186 Å². The summed E-state index contributed by atoms with van der Waals surface area (Å²) in [7, 11) is 0. The first kappa shape index (κ1) is 22.9. The first-order valence-corrected chi connectivity index (χ1v) is 11.7. The number of piperidine rings is 1. The number of amides is 1. The highest BCUT2D eigenvalue weighted by atomic mass is 35.5. The summed E-state index contributed by atoms with van der Waals surface area (Å²) < 4.78 is 16.0. The Kier molecular flexibility index (Phi) is 7.34. The van der Waals surface area contributed by atoms with Crippen molar-refractivity contribution in [3.05, 3.63) is 59.1 Å². The maximum Gasteiger partial charge on any atom is 0.407 e. The second kappa shape index (κ2) is 9.60. The van der Waals surface area contributed by atoms with Crippen molar-refractivity contribution < 1.29 is 14.5 Å². The van der Waals surface area contributed by atoms with E-state index in [-0.39, 0.29) is 12.0 Å². The van der Waals surface area contributed by atoms with E-state index >= 15 is 0 Å². The Hall–Kier alpha value is -1.73. The normalized spacial score (nSPS) is 17.6. The molecular weight excluding hydrogens is 420 g/mol. The molecule has 1 heterocycles. The van der Waals surface area contributed by atoms with Crippen LogP contribution in [0.4, 0.5) is 4.79 Å². The molecule has 3 rings (SSSR count). The second-order valence-electron chi connectivity index (χ2n) is 8.68. The van der Waals surface area contributed by atoms with E-state index < -0.39 is 22.2 Å². The first-order chi connectivity index (χ1) is 14.2. The van der Waals surface area contributed by atoms with Gasteiger partial charge in [-0.25, -0.2) is 4.79 Å². The fourth-order valence-corrected chi connectivity index (χ4v) is 4.82. The van der Waals surface area contributed by atoms with Gasteiger partial charge in [0.2, 0.25) is 0 Å². The lowest BCUT2D eigenvalue weighted by molar-refractivity contribution is 0.119. The lowest BCUT2D eigenvalue weighted by atomic mass is 9.83. The van der Waals surface area contributed by atoms with Crippen LogP contribution in [0.5, 0.6) is 0 Å². The molecule has 0 radical (unpaired) electrons. The minimum atomic E-state index is -1.26. The van der Waals surface area contributed by atoms with Gasteiger partial charge in [0.05, 0.1) is 6.04 Å². The average Bonchev–Trinajstić information content (AvgIpc) is 2.72. The predicted octanol–water partition coefficient (Wildman–Crippen LogP) is 5.49. The Balaban J connectivity index is 1.96. The van der Waals surface area contributed by atoms with Crippen LogP contribution in [-0.2, 0) is 11.4 Å². The maximum atomic E-state index is 13.0. The van der Waals surface area contributed by atoms with E-state index in [2.05, 4.69) is 16.9 Å². The van der Waals surface area contributed by atoms with Gasteiger partial charge < -0.3 is 14.6 Å². The van der Waals surface area contributed by atoms with Crippen LogP contribution in [0.2, 0.25) is 5.02 Å². The molecule has 0 bridgehead atoms. The third kappa shape index (κ3) is 5.49. The molecule has 2 aromatic carbocycles. The van der Waals surface area contributed by atoms with Crippen LogP contribution >= 0.6 is 11.6 Å². The molecule has 0 unspecified atom stereocenters. The van der Waals surface area contributed by atoms with Gasteiger partial charge in [-0.05, 0) is 68.4 Å². The van der Waals surface area contributed by atoms with Gasteiger partial charge in [0, 0.05) is 29.5 Å². The molecule has 30 heavy (non-hydrogen) atoms. The molecule has 2 atom stereocenters. The van der Waals surface area contributed by atoms with Crippen LogP contribution in [0.1, 0.15) is 45.2 Å². The Bertz CT molecular complexity index is 861. The van der Waals surface area contributed by atoms with E-state index in [0.29, 0.717) is 18.1 Å². The number of likely N-dealkylation sites (tertiary alicyclic amines) is 1. The zero-order valence-corrected chi connectivity index (χ0v) is 19.2. The fraction of sp³-hybridized carbons (Fsp3) is 0.435. The molecule has 162 valence electrons. The third-order valence-corrected chi connectivity index (χ3v) is 7.36. The highest BCUT2D eigenvalue weighted by molar-refractivity contribution is 7.90. The van der Waals surface area contributed by atoms with Gasteiger partial charge in [-0.1, -0.05) is 48.0 Å². The van der Waals surface area contributed by atoms with Gasteiger partial charge in [-0.15, -0.1) is 4.72 Å². The second-order valence-corrected chi connectivity index (χ2v) is 11.1. The topological polar surface area (TPSA) is 75.6 Å². The smallest absolute Gasteiger partial charge is 0.407 e. The van der Waals surface area contributed by atoms with Crippen LogP contribution in [0.3, 0.4) is 0 Å². The Morgan fingerprint density at radius 1 is 1.17 bits per heavy atom. The highest BCUT2D eigenvalue weighted by Gasteiger charge is 2.36. The summed E-state index contributed by atoms with van der Waals surface area (Å²) in [6.45, 7) is 6.83. The van der Waals surface area contributed by atoms with Crippen molar-refractivity contribution in [2.75, 3.05) is 13.1 Å². The molecule has 1 fully saturated rings. The van der Waals surface area contributed by atoms with Crippen molar-refractivity contribution >= 4 is 29.1 Å². The van der Waals surface area contributed by atoms with E-state index in [9.17, 15) is 14.5 Å². The lowest BCUT2D eigenvalue weighted by Crippen LogP contribution is -2.46. The zero-order chi connectivity index (χ0) is 21.9. The summed E-state index contributed by atoms with van der Waals surface area (Å²) in [5, 5.41) is 9.98. The average molecular weight is 449 g/mol. The third-order valence-electron chi connectivity index (χ3n) is 5.52. The molecule has 1 amide bonds. The molecule has 1 aliphatic rings. The number of nitrogens with zero attached hydrogens (tertiary/aromatic N) is 1. The highest BCUT2D eigenvalue weighted by Crippen LogP contribution is 2.38. The van der Waals surface area contributed by atoms with Crippen molar-refractivity contribution in [2.24, 2.45) is 5.92 Å². The van der Waals surface area contributed by atoms with E-state index in [1.807, 2.05) is 57.2 Å². The monoisotopic (exact) mass is 448 g/mol. The first-order valence-electron chi connectivity index (χ1n) is 10.2. The molecule has 1 saturated heterocycles. The molecule has 2 N–H and O–H groups in total. The number of nitrogens with one attached hydrogen (secondary N) is 1. The van der Waals surface area contributed by atoms with Crippen LogP contribution < -0.4 is 4.72 Å². The van der Waals surface area contributed by atoms with E-state index in [0.717, 1.165) is 29.5 Å². The van der Waals surface area contributed by atoms with Crippen LogP contribution in [0.15, 0.2) is 48.5 Å². The van der Waals surface area contributed by atoms with Gasteiger partial charge >= 0.3 is 6.09 Å². The largest absolute Gasteiger partial charge is 0.598 e. The van der Waals surface area contributed by atoms with Crippen molar-refractivity contribution in [3.8, 4) is 11.1 Å². The maximum absolute atomic E-state index is 13.0. The number of rotatable bonds is 5. The molecule has 0 aromatic heterocycles. The van der Waals surface area contributed by atoms with E-state index in [4.69, 9.17) is 11.6 Å². The number of hydrogen-bond donors (Lipinski definition) is 2. The van der Waals surface area contributed by atoms with Crippen molar-refractivity contribution in [1.29, 1.82) is 0 Å². The van der Waals surface area contributed by atoms with E-state index in [1.54, 1.807) is 0 Å². The number of halogens is 1. The molecule has 0 aliphatic carbocycles. The summed E-state index contributed by atoms with van der Waals surface area (Å²) in [5.41, 5.74) is 3.19. The molecular formula is C23H29ClN2O3S. The fourth-order valence-electron chi connectivity index (χ4n) is 3.79. The number of benzene rings is 2. The zero-order valence-electron chi connectivity index (χ0n) is 17.6. The summed E-state index contributed by atoms with van der Waals surface area (Å²) in [6.07, 6.45) is 0.568. The minimum Gasteiger partial charge on any atom is -0.598 e. The molecule has 1 aliphatic heterocycles. The Morgan fingerprint density at radius 3 is 2.33 bits per heavy atom. The molecule has 5 nitrogen and oxygen atoms in total. The van der Waals surface area contributed by atoms with E-state index in [1.165, 1.54) is 4.90 Å². The van der Waals surface area contributed by atoms with Crippen molar-refractivity contribution in [1.82, 2.24) is 9.62 Å². The summed E-state index contributed by atoms with van der Waals surface area (Å²) in [4.78, 5) is 12.8. The molecule has 0 spiro atoms. The standard InChI is InChI=1S/C23H29ClN2O3S/c1-23(2,3)30(29)25-21(17-12-14-26(15-13-17)22(27)28)20-7-5-4-6-19(20)16-8-10-18(24)11-9-16/h4-11,17,21,25H,12-15H2,1-3H3,(H,27,28)/t21-,30+/m1/s1. The van der Waals surface area contributed by atoms with Crippen LogP contribution in [-0.4, -0.2) is 38.5 Å². The number of carbonyl (C=O) groups is 1.